The van der Waals surface area contributed by atoms with Crippen LogP contribution in [0.3, 0.4) is 0 Å². The van der Waals surface area contributed by atoms with Gasteiger partial charge in [-0.25, -0.2) is 4.98 Å². The van der Waals surface area contributed by atoms with Gasteiger partial charge < -0.3 is 15.0 Å². The highest BCUT2D eigenvalue weighted by atomic mass is 16.6. The second-order valence-electron chi connectivity index (χ2n) is 2.52. The Labute approximate surface area is 75.7 Å². The van der Waals surface area contributed by atoms with Crippen molar-refractivity contribution >= 4 is 11.8 Å². The van der Waals surface area contributed by atoms with Gasteiger partial charge in [0.2, 0.25) is 5.82 Å². The number of imidazole rings is 1. The molecule has 0 aliphatic rings. The lowest BCUT2D eigenvalue weighted by molar-refractivity contribution is -0.393. The number of anilines is 1. The number of nitrogens with zero attached hydrogens (tertiary/aromatic N) is 3. The van der Waals surface area contributed by atoms with Crippen LogP contribution >= 0.6 is 0 Å². The summed E-state index contributed by atoms with van der Waals surface area (Å²) in [4.78, 5) is 18.0. The molecule has 6 heteroatoms. The molecule has 0 saturated carbocycles. The van der Waals surface area contributed by atoms with Crippen molar-refractivity contribution in [3.05, 3.63) is 16.3 Å². The minimum atomic E-state index is -0.535. The SMILES string of the molecule is CCN(CC)c1cnc([N+](=O)[O-])[nH]1. The lowest BCUT2D eigenvalue weighted by Gasteiger charge is -2.14. The van der Waals surface area contributed by atoms with Gasteiger partial charge in [0.15, 0.2) is 6.20 Å². The summed E-state index contributed by atoms with van der Waals surface area (Å²) in [5.41, 5.74) is 0. The van der Waals surface area contributed by atoms with Crippen LogP contribution in [-0.4, -0.2) is 28.0 Å². The second kappa shape index (κ2) is 3.88. The second-order valence-corrected chi connectivity index (χ2v) is 2.52. The lowest BCUT2D eigenvalue weighted by atomic mass is 10.5. The molecule has 1 N–H and O–H groups in total. The van der Waals surface area contributed by atoms with Gasteiger partial charge in [-0.2, -0.15) is 0 Å². The van der Waals surface area contributed by atoms with Crippen LogP contribution in [-0.2, 0) is 0 Å². The first kappa shape index (κ1) is 9.50. The molecular weight excluding hydrogens is 172 g/mol. The molecular formula is C7H12N4O2. The molecule has 0 radical (unpaired) electrons. The van der Waals surface area contributed by atoms with E-state index in [0.29, 0.717) is 5.82 Å². The molecule has 13 heavy (non-hydrogen) atoms. The largest absolute Gasteiger partial charge is 0.433 e. The van der Waals surface area contributed by atoms with Gasteiger partial charge in [0.1, 0.15) is 0 Å². The Morgan fingerprint density at radius 3 is 2.62 bits per heavy atom. The van der Waals surface area contributed by atoms with Crippen LogP contribution in [0.5, 0.6) is 0 Å². The molecule has 0 aromatic carbocycles. The minimum absolute atomic E-state index is 0.207. The highest BCUT2D eigenvalue weighted by Gasteiger charge is 2.14. The summed E-state index contributed by atoms with van der Waals surface area (Å²) >= 11 is 0. The van der Waals surface area contributed by atoms with Crippen LogP contribution in [0.25, 0.3) is 0 Å². The molecule has 72 valence electrons. The summed E-state index contributed by atoms with van der Waals surface area (Å²) in [5, 5.41) is 10.3. The van der Waals surface area contributed by atoms with Crippen molar-refractivity contribution in [1.82, 2.24) is 9.97 Å². The summed E-state index contributed by atoms with van der Waals surface area (Å²) in [7, 11) is 0. The molecule has 1 rings (SSSR count). The zero-order valence-electron chi connectivity index (χ0n) is 7.65. The Kier molecular flexibility index (Phi) is 2.84. The molecule has 0 bridgehead atoms. The molecule has 0 aliphatic heterocycles. The number of hydrogen-bond donors (Lipinski definition) is 1. The van der Waals surface area contributed by atoms with Gasteiger partial charge in [0, 0.05) is 13.1 Å². The number of nitrogens with one attached hydrogen (secondary N) is 1. The van der Waals surface area contributed by atoms with E-state index in [9.17, 15) is 10.1 Å². The van der Waals surface area contributed by atoms with Crippen LogP contribution < -0.4 is 4.90 Å². The van der Waals surface area contributed by atoms with Crippen molar-refractivity contribution < 1.29 is 4.92 Å². The summed E-state index contributed by atoms with van der Waals surface area (Å²) in [6.07, 6.45) is 1.48. The van der Waals surface area contributed by atoms with Gasteiger partial charge in [-0.05, 0) is 18.8 Å². The minimum Gasteiger partial charge on any atom is -0.390 e. The fraction of sp³-hybridized carbons (Fsp3) is 0.571. The molecule has 1 heterocycles. The summed E-state index contributed by atoms with van der Waals surface area (Å²) in [6, 6.07) is 0. The Morgan fingerprint density at radius 1 is 1.62 bits per heavy atom. The fourth-order valence-corrected chi connectivity index (χ4v) is 1.12. The van der Waals surface area contributed by atoms with Crippen molar-refractivity contribution in [1.29, 1.82) is 0 Å². The van der Waals surface area contributed by atoms with Crippen molar-refractivity contribution in [3.63, 3.8) is 0 Å². The predicted octanol–water partition coefficient (Wildman–Crippen LogP) is 1.16. The van der Waals surface area contributed by atoms with E-state index >= 15 is 0 Å². The number of H-pyrrole nitrogens is 1. The van der Waals surface area contributed by atoms with Gasteiger partial charge in [-0.3, -0.25) is 0 Å². The molecule has 0 saturated heterocycles. The van der Waals surface area contributed by atoms with Crippen molar-refractivity contribution in [2.24, 2.45) is 0 Å². The Hall–Kier alpha value is -1.59. The average molecular weight is 184 g/mol. The van der Waals surface area contributed by atoms with E-state index < -0.39 is 4.92 Å². The standard InChI is InChI=1S/C7H12N4O2/c1-3-10(4-2)6-5-8-7(9-6)11(12)13/h5H,3-4H2,1-2H3,(H,8,9). The van der Waals surface area contributed by atoms with E-state index in [4.69, 9.17) is 0 Å². The third-order valence-corrected chi connectivity index (χ3v) is 1.83. The van der Waals surface area contributed by atoms with E-state index in [-0.39, 0.29) is 5.95 Å². The molecule has 0 spiro atoms. The van der Waals surface area contributed by atoms with Crippen LogP contribution in [0.2, 0.25) is 0 Å². The highest BCUT2D eigenvalue weighted by molar-refractivity contribution is 5.39. The maximum Gasteiger partial charge on any atom is 0.433 e. The quantitative estimate of drug-likeness (QED) is 0.562. The van der Waals surface area contributed by atoms with Gasteiger partial charge >= 0.3 is 5.95 Å². The van der Waals surface area contributed by atoms with Gasteiger partial charge in [-0.1, -0.05) is 4.98 Å². The van der Waals surface area contributed by atoms with Crippen LogP contribution in [0, 0.1) is 10.1 Å². The molecule has 0 fully saturated rings. The topological polar surface area (TPSA) is 75.1 Å². The van der Waals surface area contributed by atoms with Crippen molar-refractivity contribution in [2.75, 3.05) is 18.0 Å². The van der Waals surface area contributed by atoms with Gasteiger partial charge in [0.05, 0.1) is 0 Å². The molecule has 0 aliphatic carbocycles. The Morgan fingerprint density at radius 2 is 2.23 bits per heavy atom. The molecule has 1 aromatic rings. The fourth-order valence-electron chi connectivity index (χ4n) is 1.12. The van der Waals surface area contributed by atoms with E-state index in [2.05, 4.69) is 9.97 Å². The third-order valence-electron chi connectivity index (χ3n) is 1.83. The van der Waals surface area contributed by atoms with E-state index in [1.807, 2.05) is 18.7 Å². The zero-order chi connectivity index (χ0) is 9.84. The monoisotopic (exact) mass is 184 g/mol. The van der Waals surface area contributed by atoms with Crippen LogP contribution in [0.15, 0.2) is 6.20 Å². The molecule has 0 amide bonds. The number of aromatic nitrogens is 2. The van der Waals surface area contributed by atoms with E-state index in [1.54, 1.807) is 0 Å². The van der Waals surface area contributed by atoms with Crippen LogP contribution in [0.1, 0.15) is 13.8 Å². The Bertz CT molecular complexity index is 292. The van der Waals surface area contributed by atoms with E-state index in [0.717, 1.165) is 13.1 Å². The van der Waals surface area contributed by atoms with Crippen molar-refractivity contribution in [2.45, 2.75) is 13.8 Å². The molecule has 0 atom stereocenters. The first-order valence-electron chi connectivity index (χ1n) is 4.13. The summed E-state index contributed by atoms with van der Waals surface area (Å²) in [6.45, 7) is 5.57. The number of hydrogen-bond acceptors (Lipinski definition) is 4. The molecule has 1 aromatic heterocycles. The first-order valence-corrected chi connectivity index (χ1v) is 4.13. The normalized spacial score (nSPS) is 10.0. The van der Waals surface area contributed by atoms with E-state index in [1.165, 1.54) is 6.20 Å². The zero-order valence-corrected chi connectivity index (χ0v) is 7.65. The third kappa shape index (κ3) is 1.95. The molecule has 6 nitrogen and oxygen atoms in total. The van der Waals surface area contributed by atoms with Gasteiger partial charge in [0.25, 0.3) is 0 Å². The lowest BCUT2D eigenvalue weighted by Crippen LogP contribution is -2.21. The average Bonchev–Trinajstić information content (AvgIpc) is 2.56. The summed E-state index contributed by atoms with van der Waals surface area (Å²) < 4.78 is 0. The first-order chi connectivity index (χ1) is 6.19. The Balaban J connectivity index is 2.84. The number of nitro groups is 1. The maximum absolute atomic E-state index is 10.3. The van der Waals surface area contributed by atoms with Crippen LogP contribution in [0.4, 0.5) is 11.8 Å². The number of aromatic amines is 1. The van der Waals surface area contributed by atoms with Gasteiger partial charge in [-0.15, -0.1) is 0 Å². The summed E-state index contributed by atoms with van der Waals surface area (Å²) in [5.74, 6) is 0.485. The highest BCUT2D eigenvalue weighted by Crippen LogP contribution is 2.13. The molecule has 0 unspecified atom stereocenters. The number of rotatable bonds is 4. The smallest absolute Gasteiger partial charge is 0.390 e. The maximum atomic E-state index is 10.3. The van der Waals surface area contributed by atoms with Crippen molar-refractivity contribution in [3.8, 4) is 0 Å². The predicted molar refractivity (Wildman–Crippen MR) is 48.8 cm³/mol.